The number of hydrogen-bond donors (Lipinski definition) is 1. The molecule has 1 atom stereocenters. The van der Waals surface area contributed by atoms with Crippen LogP contribution in [0.15, 0.2) is 12.4 Å². The van der Waals surface area contributed by atoms with Crippen molar-refractivity contribution in [2.45, 2.75) is 32.9 Å². The van der Waals surface area contributed by atoms with Gasteiger partial charge in [0.2, 0.25) is 11.8 Å². The highest BCUT2D eigenvalue weighted by atomic mass is 16.2. The lowest BCUT2D eigenvalue weighted by Crippen LogP contribution is -2.42. The van der Waals surface area contributed by atoms with Crippen LogP contribution in [0, 0.1) is 5.92 Å². The van der Waals surface area contributed by atoms with Crippen LogP contribution in [0.3, 0.4) is 0 Å². The highest BCUT2D eigenvalue weighted by Crippen LogP contribution is 2.18. The fraction of sp³-hybridized carbons (Fsp3) is 0.688. The zero-order valence-electron chi connectivity index (χ0n) is 13.7. The van der Waals surface area contributed by atoms with Gasteiger partial charge in [-0.15, -0.1) is 0 Å². The zero-order valence-corrected chi connectivity index (χ0v) is 13.7. The number of rotatable bonds is 4. The Hall–Kier alpha value is -1.89. The van der Waals surface area contributed by atoms with Crippen LogP contribution in [-0.2, 0) is 22.7 Å². The van der Waals surface area contributed by atoms with Gasteiger partial charge in [-0.1, -0.05) is 0 Å². The fourth-order valence-corrected chi connectivity index (χ4v) is 3.49. The van der Waals surface area contributed by atoms with Crippen LogP contribution in [0.5, 0.6) is 0 Å². The molecule has 7 heteroatoms. The molecule has 0 saturated carbocycles. The summed E-state index contributed by atoms with van der Waals surface area (Å²) in [6.07, 6.45) is 6.33. The molecule has 3 heterocycles. The summed E-state index contributed by atoms with van der Waals surface area (Å²) in [5, 5.41) is 2.60. The average Bonchev–Trinajstić information content (AvgIpc) is 3.13. The van der Waals surface area contributed by atoms with Gasteiger partial charge in [-0.25, -0.2) is 4.98 Å². The molecule has 2 aliphatic rings. The van der Waals surface area contributed by atoms with E-state index in [0.717, 1.165) is 38.5 Å². The van der Waals surface area contributed by atoms with E-state index in [-0.39, 0.29) is 18.4 Å². The van der Waals surface area contributed by atoms with E-state index in [2.05, 4.69) is 19.8 Å². The Morgan fingerprint density at radius 2 is 2.09 bits per heavy atom. The minimum Gasteiger partial charge on any atom is -0.347 e. The highest BCUT2D eigenvalue weighted by molar-refractivity contribution is 5.83. The number of carbonyl (C=O) groups is 2. The Bertz CT molecular complexity index is 565. The first-order valence-corrected chi connectivity index (χ1v) is 8.36. The molecule has 1 fully saturated rings. The van der Waals surface area contributed by atoms with Gasteiger partial charge in [0, 0.05) is 44.9 Å². The van der Waals surface area contributed by atoms with Crippen molar-refractivity contribution in [1.29, 1.82) is 0 Å². The number of imidazole rings is 1. The van der Waals surface area contributed by atoms with Crippen molar-refractivity contribution in [3.8, 4) is 0 Å². The van der Waals surface area contributed by atoms with Crippen LogP contribution >= 0.6 is 0 Å². The van der Waals surface area contributed by atoms with Crippen LogP contribution < -0.4 is 5.32 Å². The maximum absolute atomic E-state index is 12.4. The van der Waals surface area contributed by atoms with Gasteiger partial charge in [0.05, 0.1) is 13.1 Å². The molecule has 0 radical (unpaired) electrons. The number of amides is 2. The van der Waals surface area contributed by atoms with Crippen molar-refractivity contribution in [2.24, 2.45) is 5.92 Å². The van der Waals surface area contributed by atoms with Crippen LogP contribution in [0.1, 0.15) is 25.6 Å². The topological polar surface area (TPSA) is 70.5 Å². The third-order valence-corrected chi connectivity index (χ3v) is 4.62. The van der Waals surface area contributed by atoms with E-state index in [0.29, 0.717) is 12.5 Å². The van der Waals surface area contributed by atoms with Gasteiger partial charge in [-0.3, -0.25) is 9.59 Å². The van der Waals surface area contributed by atoms with E-state index >= 15 is 0 Å². The molecule has 0 bridgehead atoms. The van der Waals surface area contributed by atoms with Crippen LogP contribution in [0.25, 0.3) is 0 Å². The molecule has 23 heavy (non-hydrogen) atoms. The number of nitrogens with one attached hydrogen (secondary N) is 1. The molecule has 2 aliphatic heterocycles. The molecule has 126 valence electrons. The number of aromatic nitrogens is 2. The van der Waals surface area contributed by atoms with Gasteiger partial charge in [-0.2, -0.15) is 0 Å². The largest absolute Gasteiger partial charge is 0.347 e. The molecule has 7 nitrogen and oxygen atoms in total. The van der Waals surface area contributed by atoms with Gasteiger partial charge >= 0.3 is 0 Å². The van der Waals surface area contributed by atoms with Crippen molar-refractivity contribution in [2.75, 3.05) is 32.7 Å². The number of likely N-dealkylation sites (tertiary alicyclic amines) is 1. The lowest BCUT2D eigenvalue weighted by Gasteiger charge is -2.27. The van der Waals surface area contributed by atoms with Gasteiger partial charge in [-0.05, 0) is 25.9 Å². The second kappa shape index (κ2) is 7.12. The zero-order chi connectivity index (χ0) is 16.2. The predicted molar refractivity (Wildman–Crippen MR) is 85.5 cm³/mol. The summed E-state index contributed by atoms with van der Waals surface area (Å²) in [7, 11) is 0. The van der Waals surface area contributed by atoms with Gasteiger partial charge in [0.1, 0.15) is 5.82 Å². The summed E-state index contributed by atoms with van der Waals surface area (Å²) in [4.78, 5) is 32.2. The monoisotopic (exact) mass is 319 g/mol. The normalized spacial score (nSPS) is 21.8. The predicted octanol–water partition coefficient (Wildman–Crippen LogP) is 0.0734. The lowest BCUT2D eigenvalue weighted by atomic mass is 10.1. The van der Waals surface area contributed by atoms with Crippen LogP contribution in [-0.4, -0.2) is 63.9 Å². The first-order chi connectivity index (χ1) is 11.1. The molecular formula is C16H25N5O2. The highest BCUT2D eigenvalue weighted by Gasteiger charge is 2.27. The van der Waals surface area contributed by atoms with Crippen LogP contribution in [0.2, 0.25) is 0 Å². The van der Waals surface area contributed by atoms with Crippen molar-refractivity contribution < 1.29 is 9.59 Å². The Morgan fingerprint density at radius 1 is 1.30 bits per heavy atom. The summed E-state index contributed by atoms with van der Waals surface area (Å²) in [6, 6.07) is 0. The maximum Gasteiger partial charge on any atom is 0.242 e. The van der Waals surface area contributed by atoms with Crippen molar-refractivity contribution in [3.63, 3.8) is 0 Å². The smallest absolute Gasteiger partial charge is 0.242 e. The number of hydrogen-bond acceptors (Lipinski definition) is 4. The van der Waals surface area contributed by atoms with E-state index in [1.807, 2.05) is 11.1 Å². The summed E-state index contributed by atoms with van der Waals surface area (Å²) in [6.45, 7) is 6.96. The van der Waals surface area contributed by atoms with E-state index in [4.69, 9.17) is 0 Å². The minimum atomic E-state index is -0.178. The second-order valence-electron chi connectivity index (χ2n) is 6.55. The van der Waals surface area contributed by atoms with Gasteiger partial charge in [0.15, 0.2) is 0 Å². The molecule has 1 aromatic heterocycles. The summed E-state index contributed by atoms with van der Waals surface area (Å²) in [5.74, 6) is 1.10. The molecule has 1 aromatic rings. The van der Waals surface area contributed by atoms with Crippen molar-refractivity contribution in [1.82, 2.24) is 24.7 Å². The summed E-state index contributed by atoms with van der Waals surface area (Å²) >= 11 is 0. The van der Waals surface area contributed by atoms with E-state index in [1.54, 1.807) is 6.20 Å². The molecule has 0 aliphatic carbocycles. The first-order valence-electron chi connectivity index (χ1n) is 8.36. The maximum atomic E-state index is 12.4. The van der Waals surface area contributed by atoms with E-state index < -0.39 is 0 Å². The lowest BCUT2D eigenvalue weighted by molar-refractivity contribution is -0.133. The first kappa shape index (κ1) is 16.0. The number of carbonyl (C=O) groups excluding carboxylic acids is 2. The molecule has 1 N–H and O–H groups in total. The van der Waals surface area contributed by atoms with Crippen molar-refractivity contribution >= 4 is 11.8 Å². The van der Waals surface area contributed by atoms with Gasteiger partial charge < -0.3 is 19.7 Å². The fourth-order valence-electron chi connectivity index (χ4n) is 3.49. The molecule has 0 unspecified atom stereocenters. The molecule has 0 aromatic carbocycles. The number of nitrogens with zero attached hydrogens (tertiary/aromatic N) is 4. The Kier molecular flexibility index (Phi) is 4.95. The molecule has 1 saturated heterocycles. The molecular weight excluding hydrogens is 294 g/mol. The molecule has 3 rings (SSSR count). The van der Waals surface area contributed by atoms with E-state index in [1.165, 1.54) is 19.8 Å². The van der Waals surface area contributed by atoms with Crippen molar-refractivity contribution in [3.05, 3.63) is 18.2 Å². The van der Waals surface area contributed by atoms with Gasteiger partial charge in [0.25, 0.3) is 0 Å². The molecule has 2 amide bonds. The number of fused-ring (bicyclic) bond motifs is 1. The SMILES string of the molecule is CC(=O)NCC(=O)N1Cc2nccn2C[C@H](CN2CCCC2)C1. The quantitative estimate of drug-likeness (QED) is 0.853. The average molecular weight is 319 g/mol. The standard InChI is InChI=1S/C16H25N5O2/c1-13(22)18-8-16(23)21-11-14(9-19-5-2-3-6-19)10-20-7-4-17-15(20)12-21/h4,7,14H,2-3,5-6,8-12H2,1H3,(H,18,22)/t14-/m0/s1. The third kappa shape index (κ3) is 4.10. The van der Waals surface area contributed by atoms with E-state index in [9.17, 15) is 9.59 Å². The summed E-state index contributed by atoms with van der Waals surface area (Å²) < 4.78 is 2.16. The van der Waals surface area contributed by atoms with Crippen LogP contribution in [0.4, 0.5) is 0 Å². The Labute approximate surface area is 136 Å². The Balaban J connectivity index is 1.69. The third-order valence-electron chi connectivity index (χ3n) is 4.62. The summed E-state index contributed by atoms with van der Waals surface area (Å²) in [5.41, 5.74) is 0. The molecule has 0 spiro atoms. The Morgan fingerprint density at radius 3 is 2.83 bits per heavy atom. The second-order valence-corrected chi connectivity index (χ2v) is 6.55. The minimum absolute atomic E-state index is 0.0388.